The van der Waals surface area contributed by atoms with Crippen LogP contribution < -0.4 is 9.80 Å². The molecule has 8 nitrogen and oxygen atoms in total. The molecule has 0 atom stereocenters. The Morgan fingerprint density at radius 3 is 2.18 bits per heavy atom. The van der Waals surface area contributed by atoms with Crippen molar-refractivity contribution in [3.8, 4) is 10.7 Å². The lowest BCUT2D eigenvalue weighted by atomic mass is 9.79. The van der Waals surface area contributed by atoms with Gasteiger partial charge in [0, 0.05) is 31.6 Å². The Labute approximate surface area is 186 Å². The topological polar surface area (TPSA) is 83.8 Å². The first kappa shape index (κ1) is 21.7. The molecule has 0 unspecified atom stereocenters. The summed E-state index contributed by atoms with van der Waals surface area (Å²) in [5.74, 6) is -0.658. The zero-order valence-corrected chi connectivity index (χ0v) is 17.4. The molecule has 2 aliphatic rings. The Morgan fingerprint density at radius 1 is 0.848 bits per heavy atom. The second kappa shape index (κ2) is 7.46. The average molecular weight is 488 g/mol. The van der Waals surface area contributed by atoms with Gasteiger partial charge in [-0.3, -0.25) is 4.98 Å². The third kappa shape index (κ3) is 4.16. The summed E-state index contributed by atoms with van der Waals surface area (Å²) in [5, 5.41) is 5.74. The molecule has 3 aromatic heterocycles. The molecule has 5 rings (SSSR count). The van der Waals surface area contributed by atoms with Gasteiger partial charge in [-0.1, -0.05) is 11.3 Å². The van der Waals surface area contributed by atoms with E-state index < -0.39 is 23.2 Å². The number of rotatable bonds is 3. The second-order valence-corrected chi connectivity index (χ2v) is 8.94. The molecule has 0 saturated carbocycles. The van der Waals surface area contributed by atoms with Crippen molar-refractivity contribution >= 4 is 22.8 Å². The fourth-order valence-electron chi connectivity index (χ4n) is 4.02. The summed E-state index contributed by atoms with van der Waals surface area (Å²) in [5.41, 5.74) is 0.649. The van der Waals surface area contributed by atoms with Gasteiger partial charge in [0.05, 0.1) is 30.5 Å². The Morgan fingerprint density at radius 2 is 1.55 bits per heavy atom. The highest BCUT2D eigenvalue weighted by atomic mass is 32.1. The van der Waals surface area contributed by atoms with Gasteiger partial charge in [-0.25, -0.2) is 15.0 Å². The minimum absolute atomic E-state index is 0.0303. The summed E-state index contributed by atoms with van der Waals surface area (Å²) >= 11 is 0.403. The molecule has 15 heteroatoms. The zero-order valence-electron chi connectivity index (χ0n) is 16.6. The Bertz CT molecular complexity index is 1160. The summed E-state index contributed by atoms with van der Waals surface area (Å²) < 4.78 is 76.3. The third-order valence-corrected chi connectivity index (χ3v) is 6.57. The van der Waals surface area contributed by atoms with Gasteiger partial charge in [0.1, 0.15) is 11.5 Å². The van der Waals surface area contributed by atoms with Crippen molar-refractivity contribution in [3.63, 3.8) is 0 Å². The lowest BCUT2D eigenvalue weighted by Crippen LogP contribution is -2.57. The standard InChI is InChI=1S/C18H14F6N8S/c19-17(20,21)14-26-3-10(4-27-14)32-8-16(9-32)1-2-31(7-16)12-6-25-5-11(28-12)13-29-30-15(33-13)18(22,23)24/h3-6H,1-2,7-9H2. The van der Waals surface area contributed by atoms with Gasteiger partial charge in [-0.15, -0.1) is 10.2 Å². The molecule has 0 N–H and O–H groups in total. The largest absolute Gasteiger partial charge is 0.451 e. The van der Waals surface area contributed by atoms with Crippen LogP contribution in [0.4, 0.5) is 37.8 Å². The van der Waals surface area contributed by atoms with Gasteiger partial charge in [-0.05, 0) is 6.42 Å². The molecule has 0 amide bonds. The lowest BCUT2D eigenvalue weighted by molar-refractivity contribution is -0.145. The number of alkyl halides is 6. The minimum Gasteiger partial charge on any atom is -0.368 e. The number of halogens is 6. The molecule has 5 heterocycles. The predicted molar refractivity (Wildman–Crippen MR) is 104 cm³/mol. The van der Waals surface area contributed by atoms with Gasteiger partial charge < -0.3 is 9.80 Å². The van der Waals surface area contributed by atoms with E-state index in [-0.39, 0.29) is 16.1 Å². The molecule has 2 saturated heterocycles. The van der Waals surface area contributed by atoms with E-state index in [1.165, 1.54) is 24.8 Å². The van der Waals surface area contributed by atoms with Crippen LogP contribution in [-0.2, 0) is 12.4 Å². The monoisotopic (exact) mass is 488 g/mol. The molecule has 1 spiro atoms. The van der Waals surface area contributed by atoms with Crippen LogP contribution in [0.5, 0.6) is 0 Å². The van der Waals surface area contributed by atoms with Crippen molar-refractivity contribution in [2.75, 3.05) is 36.0 Å². The molecule has 0 aliphatic carbocycles. The molecular formula is C18H14F6N8S. The molecule has 0 bridgehead atoms. The normalized spacial score (nSPS) is 18.1. The lowest BCUT2D eigenvalue weighted by Gasteiger charge is -2.49. The van der Waals surface area contributed by atoms with Crippen LogP contribution in [0, 0.1) is 5.41 Å². The van der Waals surface area contributed by atoms with Gasteiger partial charge in [0.2, 0.25) is 10.8 Å². The fourth-order valence-corrected chi connectivity index (χ4v) is 4.68. The quantitative estimate of drug-likeness (QED) is 0.518. The van der Waals surface area contributed by atoms with E-state index >= 15 is 0 Å². The fraction of sp³-hybridized carbons (Fsp3) is 0.444. The maximum Gasteiger partial charge on any atom is 0.451 e. The molecule has 174 valence electrons. The van der Waals surface area contributed by atoms with Crippen LogP contribution in [0.1, 0.15) is 17.3 Å². The van der Waals surface area contributed by atoms with E-state index in [2.05, 4.69) is 30.1 Å². The van der Waals surface area contributed by atoms with Crippen molar-refractivity contribution in [2.24, 2.45) is 5.41 Å². The maximum absolute atomic E-state index is 12.8. The summed E-state index contributed by atoms with van der Waals surface area (Å²) in [6.45, 7) is 2.54. The number of nitrogens with zero attached hydrogens (tertiary/aromatic N) is 8. The van der Waals surface area contributed by atoms with Crippen LogP contribution in [-0.4, -0.2) is 56.3 Å². The predicted octanol–water partition coefficient (Wildman–Crippen LogP) is 3.54. The van der Waals surface area contributed by atoms with Crippen LogP contribution >= 0.6 is 11.3 Å². The first-order valence-corrected chi connectivity index (χ1v) is 10.5. The highest BCUT2D eigenvalue weighted by Crippen LogP contribution is 2.43. The first-order chi connectivity index (χ1) is 15.5. The van der Waals surface area contributed by atoms with E-state index in [4.69, 9.17) is 0 Å². The number of hydrogen-bond acceptors (Lipinski definition) is 9. The zero-order chi connectivity index (χ0) is 23.4. The first-order valence-electron chi connectivity index (χ1n) is 9.65. The SMILES string of the molecule is FC(F)(F)c1ncc(N2CC3(CCN(c4cncc(-c5nnc(C(F)(F)F)s5)n4)C3)C2)cn1. The van der Waals surface area contributed by atoms with Gasteiger partial charge in [0.15, 0.2) is 5.01 Å². The van der Waals surface area contributed by atoms with Crippen molar-refractivity contribution < 1.29 is 26.3 Å². The van der Waals surface area contributed by atoms with Crippen LogP contribution in [0.2, 0.25) is 0 Å². The highest BCUT2D eigenvalue weighted by Gasteiger charge is 2.48. The molecule has 3 aromatic rings. The Balaban J connectivity index is 1.25. The molecule has 2 fully saturated rings. The molecule has 0 radical (unpaired) electrons. The van der Waals surface area contributed by atoms with Crippen molar-refractivity contribution in [3.05, 3.63) is 35.6 Å². The van der Waals surface area contributed by atoms with E-state index in [0.29, 0.717) is 49.0 Å². The van der Waals surface area contributed by atoms with Crippen molar-refractivity contribution in [2.45, 2.75) is 18.8 Å². The molecule has 2 aliphatic heterocycles. The number of hydrogen-bond donors (Lipinski definition) is 0. The van der Waals surface area contributed by atoms with Gasteiger partial charge in [-0.2, -0.15) is 26.3 Å². The Kier molecular flexibility index (Phi) is 4.91. The smallest absolute Gasteiger partial charge is 0.368 e. The van der Waals surface area contributed by atoms with E-state index in [9.17, 15) is 26.3 Å². The highest BCUT2D eigenvalue weighted by molar-refractivity contribution is 7.14. The van der Waals surface area contributed by atoms with E-state index in [1.807, 2.05) is 9.80 Å². The van der Waals surface area contributed by atoms with Gasteiger partial charge >= 0.3 is 12.4 Å². The number of aromatic nitrogens is 6. The summed E-state index contributed by atoms with van der Waals surface area (Å²) in [6.07, 6.45) is -3.12. The van der Waals surface area contributed by atoms with Crippen LogP contribution in [0.3, 0.4) is 0 Å². The van der Waals surface area contributed by atoms with Crippen LogP contribution in [0.15, 0.2) is 24.8 Å². The minimum atomic E-state index is -4.58. The number of anilines is 2. The molecular weight excluding hydrogens is 474 g/mol. The van der Waals surface area contributed by atoms with Crippen LogP contribution in [0.25, 0.3) is 10.7 Å². The Hall–Kier alpha value is -3.10. The second-order valence-electron chi connectivity index (χ2n) is 7.96. The average Bonchev–Trinajstić information content (AvgIpc) is 3.40. The van der Waals surface area contributed by atoms with Gasteiger partial charge in [0.25, 0.3) is 0 Å². The molecule has 33 heavy (non-hydrogen) atoms. The van der Waals surface area contributed by atoms with E-state index in [0.717, 1.165) is 6.42 Å². The van der Waals surface area contributed by atoms with Crippen molar-refractivity contribution in [1.29, 1.82) is 0 Å². The van der Waals surface area contributed by atoms with Crippen molar-refractivity contribution in [1.82, 2.24) is 30.1 Å². The van der Waals surface area contributed by atoms with E-state index in [1.54, 1.807) is 0 Å². The summed E-state index contributed by atoms with van der Waals surface area (Å²) in [7, 11) is 0. The summed E-state index contributed by atoms with van der Waals surface area (Å²) in [4.78, 5) is 19.2. The molecule has 0 aromatic carbocycles. The third-order valence-electron chi connectivity index (χ3n) is 5.58. The maximum atomic E-state index is 12.8. The summed E-state index contributed by atoms with van der Waals surface area (Å²) in [6, 6.07) is 0.